The van der Waals surface area contributed by atoms with E-state index in [-0.39, 0.29) is 5.78 Å². The number of carbonyl (C=O) groups excluding carboxylic acids is 1. The minimum Gasteiger partial charge on any atom is -0.316 e. The molecule has 1 aromatic carbocycles. The van der Waals surface area contributed by atoms with Gasteiger partial charge in [-0.05, 0) is 38.3 Å². The molecule has 0 bridgehead atoms. The molecule has 86 valence electrons. The summed E-state index contributed by atoms with van der Waals surface area (Å²) in [7, 11) is 0. The Labute approximate surface area is 97.1 Å². The highest BCUT2D eigenvalue weighted by atomic mass is 16.1. The van der Waals surface area contributed by atoms with Crippen molar-refractivity contribution < 1.29 is 4.79 Å². The van der Waals surface area contributed by atoms with E-state index in [0.29, 0.717) is 12.3 Å². The van der Waals surface area contributed by atoms with Gasteiger partial charge in [0.2, 0.25) is 0 Å². The molecule has 2 heteroatoms. The van der Waals surface area contributed by atoms with Gasteiger partial charge in [0.1, 0.15) is 0 Å². The SMILES string of the molecule is O=C(CC[C@H]1CCCNC1)c1ccccc1. The van der Waals surface area contributed by atoms with E-state index in [1.165, 1.54) is 12.8 Å². The van der Waals surface area contributed by atoms with E-state index >= 15 is 0 Å². The van der Waals surface area contributed by atoms with Gasteiger partial charge in [0.15, 0.2) is 5.78 Å². The largest absolute Gasteiger partial charge is 0.316 e. The summed E-state index contributed by atoms with van der Waals surface area (Å²) < 4.78 is 0. The smallest absolute Gasteiger partial charge is 0.162 e. The van der Waals surface area contributed by atoms with E-state index in [1.807, 2.05) is 30.3 Å². The molecule has 1 saturated heterocycles. The third kappa shape index (κ3) is 3.17. The molecule has 0 unspecified atom stereocenters. The number of hydrogen-bond acceptors (Lipinski definition) is 2. The maximum Gasteiger partial charge on any atom is 0.162 e. The highest BCUT2D eigenvalue weighted by Gasteiger charge is 2.14. The molecule has 2 nitrogen and oxygen atoms in total. The van der Waals surface area contributed by atoms with Crippen LogP contribution in [0, 0.1) is 5.92 Å². The van der Waals surface area contributed by atoms with Crippen LogP contribution in [0.4, 0.5) is 0 Å². The fourth-order valence-electron chi connectivity index (χ4n) is 2.27. The Hall–Kier alpha value is -1.15. The van der Waals surface area contributed by atoms with E-state index in [2.05, 4.69) is 5.32 Å². The van der Waals surface area contributed by atoms with Crippen LogP contribution in [-0.2, 0) is 0 Å². The van der Waals surface area contributed by atoms with Crippen molar-refractivity contribution in [1.29, 1.82) is 0 Å². The Morgan fingerprint density at radius 1 is 1.31 bits per heavy atom. The van der Waals surface area contributed by atoms with Crippen LogP contribution in [0.15, 0.2) is 30.3 Å². The van der Waals surface area contributed by atoms with Crippen LogP contribution in [0.1, 0.15) is 36.0 Å². The van der Waals surface area contributed by atoms with Crippen molar-refractivity contribution in [2.75, 3.05) is 13.1 Å². The number of carbonyl (C=O) groups is 1. The van der Waals surface area contributed by atoms with Crippen LogP contribution in [0.25, 0.3) is 0 Å². The molecule has 0 saturated carbocycles. The third-order valence-corrected chi connectivity index (χ3v) is 3.27. The fraction of sp³-hybridized carbons (Fsp3) is 0.500. The minimum atomic E-state index is 0.283. The fourth-order valence-corrected chi connectivity index (χ4v) is 2.27. The van der Waals surface area contributed by atoms with Crippen LogP contribution in [0.2, 0.25) is 0 Å². The molecule has 1 aliphatic rings. The number of hydrogen-bond donors (Lipinski definition) is 1. The van der Waals surface area contributed by atoms with Crippen LogP contribution in [-0.4, -0.2) is 18.9 Å². The van der Waals surface area contributed by atoms with Gasteiger partial charge in [0.05, 0.1) is 0 Å². The van der Waals surface area contributed by atoms with Crippen LogP contribution in [0.5, 0.6) is 0 Å². The normalized spacial score (nSPS) is 20.6. The molecule has 0 aliphatic carbocycles. The molecule has 1 heterocycles. The van der Waals surface area contributed by atoms with Crippen molar-refractivity contribution in [2.24, 2.45) is 5.92 Å². The van der Waals surface area contributed by atoms with Gasteiger partial charge in [-0.2, -0.15) is 0 Å². The molecule has 1 aromatic rings. The van der Waals surface area contributed by atoms with Gasteiger partial charge >= 0.3 is 0 Å². The van der Waals surface area contributed by atoms with E-state index < -0.39 is 0 Å². The van der Waals surface area contributed by atoms with Gasteiger partial charge in [0.25, 0.3) is 0 Å². The van der Waals surface area contributed by atoms with Crippen molar-refractivity contribution >= 4 is 5.78 Å². The topological polar surface area (TPSA) is 29.1 Å². The summed E-state index contributed by atoms with van der Waals surface area (Å²) in [5, 5.41) is 3.39. The first-order valence-electron chi connectivity index (χ1n) is 6.15. The van der Waals surface area contributed by atoms with Gasteiger partial charge in [-0.3, -0.25) is 4.79 Å². The first kappa shape index (κ1) is 11.3. The van der Waals surface area contributed by atoms with E-state index in [4.69, 9.17) is 0 Å². The lowest BCUT2D eigenvalue weighted by Gasteiger charge is -2.22. The zero-order chi connectivity index (χ0) is 11.2. The van der Waals surface area contributed by atoms with Gasteiger partial charge < -0.3 is 5.32 Å². The van der Waals surface area contributed by atoms with E-state index in [1.54, 1.807) is 0 Å². The molecular weight excluding hydrogens is 198 g/mol. The van der Waals surface area contributed by atoms with Crippen molar-refractivity contribution in [1.82, 2.24) is 5.32 Å². The molecule has 0 amide bonds. The second-order valence-corrected chi connectivity index (χ2v) is 4.54. The molecule has 1 N–H and O–H groups in total. The lowest BCUT2D eigenvalue weighted by Crippen LogP contribution is -2.30. The predicted molar refractivity (Wildman–Crippen MR) is 65.6 cm³/mol. The van der Waals surface area contributed by atoms with Crippen LogP contribution < -0.4 is 5.32 Å². The molecule has 2 rings (SSSR count). The first-order chi connectivity index (χ1) is 7.86. The summed E-state index contributed by atoms with van der Waals surface area (Å²) in [4.78, 5) is 11.9. The molecule has 1 aliphatic heterocycles. The summed E-state index contributed by atoms with van der Waals surface area (Å²) in [6.07, 6.45) is 4.25. The van der Waals surface area contributed by atoms with Crippen molar-refractivity contribution in [3.05, 3.63) is 35.9 Å². The zero-order valence-electron chi connectivity index (χ0n) is 9.61. The van der Waals surface area contributed by atoms with Crippen molar-refractivity contribution in [3.8, 4) is 0 Å². The highest BCUT2D eigenvalue weighted by Crippen LogP contribution is 2.17. The molecule has 0 radical (unpaired) electrons. The Kier molecular flexibility index (Phi) is 4.11. The van der Waals surface area contributed by atoms with Gasteiger partial charge in [0, 0.05) is 12.0 Å². The lowest BCUT2D eigenvalue weighted by molar-refractivity contribution is 0.0971. The molecule has 1 atom stereocenters. The second-order valence-electron chi connectivity index (χ2n) is 4.54. The molecule has 1 fully saturated rings. The molecule has 0 spiro atoms. The average molecular weight is 217 g/mol. The van der Waals surface area contributed by atoms with Crippen LogP contribution >= 0.6 is 0 Å². The summed E-state index contributed by atoms with van der Waals surface area (Å²) in [6.45, 7) is 2.23. The van der Waals surface area contributed by atoms with Crippen LogP contribution in [0.3, 0.4) is 0 Å². The number of piperidine rings is 1. The Morgan fingerprint density at radius 3 is 2.81 bits per heavy atom. The number of rotatable bonds is 4. The molecule has 0 aromatic heterocycles. The van der Waals surface area contributed by atoms with Gasteiger partial charge in [-0.15, -0.1) is 0 Å². The second kappa shape index (κ2) is 5.80. The Morgan fingerprint density at radius 2 is 2.12 bits per heavy atom. The summed E-state index contributed by atoms with van der Waals surface area (Å²) in [5.74, 6) is 0.979. The number of Topliss-reactive ketones (excluding diaryl/α,β-unsaturated/α-hetero) is 1. The Balaban J connectivity index is 1.79. The molecule has 16 heavy (non-hydrogen) atoms. The maximum atomic E-state index is 11.9. The zero-order valence-corrected chi connectivity index (χ0v) is 9.61. The first-order valence-corrected chi connectivity index (χ1v) is 6.15. The van der Waals surface area contributed by atoms with Crippen molar-refractivity contribution in [3.63, 3.8) is 0 Å². The molecular formula is C14H19NO. The Bertz CT molecular complexity index is 328. The number of nitrogens with one attached hydrogen (secondary N) is 1. The van der Waals surface area contributed by atoms with Crippen molar-refractivity contribution in [2.45, 2.75) is 25.7 Å². The van der Waals surface area contributed by atoms with E-state index in [0.717, 1.165) is 25.1 Å². The third-order valence-electron chi connectivity index (χ3n) is 3.27. The summed E-state index contributed by atoms with van der Waals surface area (Å²) in [6, 6.07) is 9.61. The van der Waals surface area contributed by atoms with E-state index in [9.17, 15) is 4.79 Å². The summed E-state index contributed by atoms with van der Waals surface area (Å²) in [5.41, 5.74) is 0.853. The van der Waals surface area contributed by atoms with Gasteiger partial charge in [-0.1, -0.05) is 30.3 Å². The lowest BCUT2D eigenvalue weighted by atomic mass is 9.92. The summed E-state index contributed by atoms with van der Waals surface area (Å²) >= 11 is 0. The minimum absolute atomic E-state index is 0.283. The monoisotopic (exact) mass is 217 g/mol. The number of ketones is 1. The highest BCUT2D eigenvalue weighted by molar-refractivity contribution is 5.95. The quantitative estimate of drug-likeness (QED) is 0.786. The number of benzene rings is 1. The average Bonchev–Trinajstić information content (AvgIpc) is 2.38. The standard InChI is InChI=1S/C14H19NO/c16-14(13-6-2-1-3-7-13)9-8-12-5-4-10-15-11-12/h1-3,6-7,12,15H,4-5,8-11H2/t12-/m1/s1. The van der Waals surface area contributed by atoms with Gasteiger partial charge in [-0.25, -0.2) is 0 Å². The predicted octanol–water partition coefficient (Wildman–Crippen LogP) is 2.65. The maximum absolute atomic E-state index is 11.9.